The highest BCUT2D eigenvalue weighted by molar-refractivity contribution is 5.81. The highest BCUT2D eigenvalue weighted by atomic mass is 16.5. The lowest BCUT2D eigenvalue weighted by Crippen LogP contribution is -2.29. The van der Waals surface area contributed by atoms with Crippen molar-refractivity contribution < 1.29 is 14.2 Å². The quantitative estimate of drug-likeness (QED) is 0.154. The molecule has 12 rings (SSSR count). The number of pyridine rings is 3. The van der Waals surface area contributed by atoms with E-state index in [0.717, 1.165) is 92.0 Å². The molecule has 0 aliphatic carbocycles. The number of nitrogens with zero attached hydrogens (tertiary/aromatic N) is 9. The number of benzene rings is 3. The molecular formula is C67H67N9O6. The van der Waals surface area contributed by atoms with Gasteiger partial charge in [0.05, 0.1) is 49.5 Å². The second-order valence-electron chi connectivity index (χ2n) is 21.3. The fourth-order valence-corrected chi connectivity index (χ4v) is 10.2. The van der Waals surface area contributed by atoms with Crippen molar-refractivity contribution in [2.24, 2.45) is 0 Å². The molecule has 15 heteroatoms. The first kappa shape index (κ1) is 57.8. The summed E-state index contributed by atoms with van der Waals surface area (Å²) >= 11 is 0. The van der Waals surface area contributed by atoms with Gasteiger partial charge in [0.2, 0.25) is 0 Å². The molecule has 0 saturated heterocycles. The summed E-state index contributed by atoms with van der Waals surface area (Å²) in [6.45, 7) is 8.16. The molecular weight excluding hydrogens is 1030 g/mol. The average Bonchev–Trinajstić information content (AvgIpc) is 4.06. The van der Waals surface area contributed by atoms with E-state index in [9.17, 15) is 14.4 Å². The topological polar surface area (TPSA) is 171 Å². The molecule has 6 aromatic heterocycles. The zero-order valence-corrected chi connectivity index (χ0v) is 46.6. The molecule has 0 radical (unpaired) electrons. The maximum Gasteiger partial charge on any atom is 0.261 e. The molecule has 0 N–H and O–H groups in total. The molecule has 15 nitrogen and oxygen atoms in total. The summed E-state index contributed by atoms with van der Waals surface area (Å²) in [5.74, 6) is 20.9. The number of aryl methyl sites for hydroxylation is 3. The van der Waals surface area contributed by atoms with Gasteiger partial charge < -0.3 is 14.2 Å². The van der Waals surface area contributed by atoms with Crippen LogP contribution >= 0.6 is 0 Å². The average molecular weight is 1090 g/mol. The van der Waals surface area contributed by atoms with Crippen LogP contribution in [-0.4, -0.2) is 81.7 Å². The molecule has 0 amide bonds. The Morgan fingerprint density at radius 1 is 0.402 bits per heavy atom. The minimum Gasteiger partial charge on any atom is -0.378 e. The van der Waals surface area contributed by atoms with Gasteiger partial charge in [0.1, 0.15) is 34.6 Å². The van der Waals surface area contributed by atoms with Crippen LogP contribution in [0.4, 0.5) is 0 Å². The summed E-state index contributed by atoms with van der Waals surface area (Å²) in [6.07, 6.45) is 12.3. The van der Waals surface area contributed by atoms with Gasteiger partial charge in [0.25, 0.3) is 16.7 Å². The van der Waals surface area contributed by atoms with E-state index in [0.29, 0.717) is 69.4 Å². The van der Waals surface area contributed by atoms with Gasteiger partial charge in [-0.2, -0.15) is 0 Å². The smallest absolute Gasteiger partial charge is 0.261 e. The van der Waals surface area contributed by atoms with Crippen LogP contribution in [0, 0.1) is 35.5 Å². The van der Waals surface area contributed by atoms with Crippen molar-refractivity contribution in [1.82, 2.24) is 43.6 Å². The number of rotatable bonds is 3. The number of aromatic nitrogens is 9. The Balaban J connectivity index is 0.000000147. The van der Waals surface area contributed by atoms with Gasteiger partial charge in [-0.15, -0.1) is 0 Å². The fourth-order valence-electron chi connectivity index (χ4n) is 10.2. The van der Waals surface area contributed by atoms with Gasteiger partial charge >= 0.3 is 0 Å². The highest BCUT2D eigenvalue weighted by Crippen LogP contribution is 2.29. The van der Waals surface area contributed by atoms with Crippen LogP contribution in [-0.2, 0) is 53.1 Å². The molecule has 3 aromatic carbocycles. The summed E-state index contributed by atoms with van der Waals surface area (Å²) < 4.78 is 22.4. The zero-order chi connectivity index (χ0) is 56.6. The molecule has 3 aliphatic rings. The van der Waals surface area contributed by atoms with Crippen LogP contribution in [0.3, 0.4) is 0 Å². The zero-order valence-electron chi connectivity index (χ0n) is 46.6. The van der Waals surface area contributed by atoms with Gasteiger partial charge in [0.15, 0.2) is 0 Å². The number of hydrogen-bond donors (Lipinski definition) is 0. The largest absolute Gasteiger partial charge is 0.378 e. The third kappa shape index (κ3) is 13.3. The molecule has 0 saturated carbocycles. The molecule has 416 valence electrons. The van der Waals surface area contributed by atoms with Crippen LogP contribution in [0.15, 0.2) is 142 Å². The van der Waals surface area contributed by atoms with Crippen molar-refractivity contribution in [3.63, 3.8) is 0 Å². The van der Waals surface area contributed by atoms with Gasteiger partial charge in [-0.1, -0.05) is 43.4 Å². The normalized spacial score (nSPS) is 18.8. The SMILES string of the molecule is C.COC1(C)CCc2nc3cc(C#Cc4ccccn4)ccc3c(=O)n2CC1.COC1(C)CCc2nc3cc(C#Cc4ccccn4)ccc3c(=O)n2CC1.COC1(C)CCc2nc3cc(C#Cc4ccccn4)ccc3c(=O)n2CC1. The fraction of sp³-hybridized carbons (Fsp3) is 0.328. The van der Waals surface area contributed by atoms with Crippen LogP contribution in [0.25, 0.3) is 32.7 Å². The minimum atomic E-state index is -0.217. The number of ether oxygens (including phenoxy) is 3. The second-order valence-corrected chi connectivity index (χ2v) is 21.3. The lowest BCUT2D eigenvalue weighted by atomic mass is 9.97. The van der Waals surface area contributed by atoms with Crippen molar-refractivity contribution >= 4 is 32.7 Å². The monoisotopic (exact) mass is 1090 g/mol. The molecule has 9 heterocycles. The Morgan fingerprint density at radius 3 is 0.951 bits per heavy atom. The first-order valence-electron chi connectivity index (χ1n) is 27.3. The number of fused-ring (bicyclic) bond motifs is 6. The lowest BCUT2D eigenvalue weighted by Gasteiger charge is -2.25. The second kappa shape index (κ2) is 25.3. The van der Waals surface area contributed by atoms with Crippen molar-refractivity contribution in [2.75, 3.05) is 21.3 Å². The third-order valence-corrected chi connectivity index (χ3v) is 15.8. The molecule has 3 aliphatic heterocycles. The molecule has 0 bridgehead atoms. The van der Waals surface area contributed by atoms with E-state index in [2.05, 4.69) is 71.2 Å². The summed E-state index contributed by atoms with van der Waals surface area (Å²) in [7, 11) is 5.19. The van der Waals surface area contributed by atoms with E-state index in [-0.39, 0.29) is 40.9 Å². The first-order valence-corrected chi connectivity index (χ1v) is 27.3. The highest BCUT2D eigenvalue weighted by Gasteiger charge is 2.31. The lowest BCUT2D eigenvalue weighted by molar-refractivity contribution is -0.00778. The molecule has 82 heavy (non-hydrogen) atoms. The Bertz CT molecular complexity index is 3760. The van der Waals surface area contributed by atoms with Crippen LogP contribution in [0.1, 0.15) is 118 Å². The standard InChI is InChI=1S/3C22H21N3O2.CH4/c3*1-22(27-2)11-10-20-24-19-15-16(6-8-17-5-3-4-13-23-17)7-9-18(19)21(26)25(20)14-12-22;/h3*3-5,7,9,13,15H,10-12,14H2,1-2H3;1H4. The van der Waals surface area contributed by atoms with Gasteiger partial charge in [-0.05, 0) is 168 Å². The van der Waals surface area contributed by atoms with Crippen molar-refractivity contribution in [2.45, 2.75) is 122 Å². The molecule has 0 fully saturated rings. The Labute approximate surface area is 477 Å². The predicted octanol–water partition coefficient (Wildman–Crippen LogP) is 9.43. The molecule has 9 aromatic rings. The van der Waals surface area contributed by atoms with Gasteiger partial charge in [-0.3, -0.25) is 28.1 Å². The van der Waals surface area contributed by atoms with E-state index in [1.807, 2.05) is 109 Å². The van der Waals surface area contributed by atoms with E-state index in [1.165, 1.54) is 0 Å². The van der Waals surface area contributed by atoms with E-state index in [1.54, 1.807) is 53.6 Å². The summed E-state index contributed by atoms with van der Waals surface area (Å²) in [4.78, 5) is 65.8. The number of hydrogen-bond acceptors (Lipinski definition) is 12. The molecule has 3 atom stereocenters. The van der Waals surface area contributed by atoms with E-state index in [4.69, 9.17) is 29.2 Å². The Morgan fingerprint density at radius 2 is 0.695 bits per heavy atom. The summed E-state index contributed by atoms with van der Waals surface area (Å²) in [5, 5.41) is 1.88. The predicted molar refractivity (Wildman–Crippen MR) is 320 cm³/mol. The van der Waals surface area contributed by atoms with Gasteiger partial charge in [0, 0.05) is 95.5 Å². The maximum absolute atomic E-state index is 13.0. The Hall–Kier alpha value is -8.91. The summed E-state index contributed by atoms with van der Waals surface area (Å²) in [5.41, 5.74) is 6.08. The molecule has 3 unspecified atom stereocenters. The minimum absolute atomic E-state index is 0. The van der Waals surface area contributed by atoms with Crippen molar-refractivity contribution in [1.29, 1.82) is 0 Å². The van der Waals surface area contributed by atoms with Crippen LogP contribution in [0.5, 0.6) is 0 Å². The summed E-state index contributed by atoms with van der Waals surface area (Å²) in [6, 6.07) is 33.6. The molecule has 0 spiro atoms. The van der Waals surface area contributed by atoms with Crippen LogP contribution < -0.4 is 16.7 Å². The third-order valence-electron chi connectivity index (χ3n) is 15.8. The van der Waals surface area contributed by atoms with E-state index < -0.39 is 0 Å². The maximum atomic E-state index is 13.0. The Kier molecular flexibility index (Phi) is 17.8. The number of methoxy groups -OCH3 is 3. The van der Waals surface area contributed by atoms with Crippen molar-refractivity contribution in [3.05, 3.63) is 210 Å². The van der Waals surface area contributed by atoms with Crippen LogP contribution in [0.2, 0.25) is 0 Å². The van der Waals surface area contributed by atoms with E-state index >= 15 is 0 Å². The first-order chi connectivity index (χ1) is 39.2. The van der Waals surface area contributed by atoms with Gasteiger partial charge in [-0.25, -0.2) is 29.9 Å². The van der Waals surface area contributed by atoms with Crippen molar-refractivity contribution in [3.8, 4) is 35.5 Å².